The molecule has 0 spiro atoms. The molecule has 0 bridgehead atoms. The summed E-state index contributed by atoms with van der Waals surface area (Å²) in [5, 5.41) is 3.31. The van der Waals surface area contributed by atoms with Gasteiger partial charge in [-0.05, 0) is 50.2 Å². The van der Waals surface area contributed by atoms with Gasteiger partial charge in [0.1, 0.15) is 16.5 Å². The molecule has 0 amide bonds. The van der Waals surface area contributed by atoms with Gasteiger partial charge in [-0.25, -0.2) is 13.4 Å². The largest absolute Gasteiger partial charge is 0.468 e. The van der Waals surface area contributed by atoms with Crippen molar-refractivity contribution in [1.29, 1.82) is 0 Å². The Kier molecular flexibility index (Phi) is 6.51. The smallest absolute Gasteiger partial charge is 0.244 e. The van der Waals surface area contributed by atoms with Crippen molar-refractivity contribution in [2.24, 2.45) is 0 Å². The molecule has 1 saturated heterocycles. The predicted octanol–water partition coefficient (Wildman–Crippen LogP) is 2.95. The minimum absolute atomic E-state index is 0.0878. The standard InChI is InChI=1S/C19H28N4O3S/c1-3-22(4-2)17(18-8-7-13-26-18)15-21-19-10-9-16(14-20-19)27(24,25)23-11-5-6-12-23/h7-10,13-14,17H,3-6,11-12,15H2,1-2H3,(H,20,21)/t17-/m1/s1. The monoisotopic (exact) mass is 392 g/mol. The quantitative estimate of drug-likeness (QED) is 0.707. The first-order chi connectivity index (χ1) is 13.1. The Labute approximate surface area is 161 Å². The van der Waals surface area contributed by atoms with Crippen LogP contribution in [-0.2, 0) is 10.0 Å². The average Bonchev–Trinajstić information content (AvgIpc) is 3.40. The number of furan rings is 1. The molecule has 1 atom stereocenters. The number of hydrogen-bond acceptors (Lipinski definition) is 6. The van der Waals surface area contributed by atoms with Crippen LogP contribution >= 0.6 is 0 Å². The van der Waals surface area contributed by atoms with Crippen LogP contribution in [0.25, 0.3) is 0 Å². The molecule has 1 aliphatic heterocycles. The lowest BCUT2D eigenvalue weighted by Crippen LogP contribution is -2.33. The zero-order valence-corrected chi connectivity index (χ0v) is 16.8. The van der Waals surface area contributed by atoms with Crippen molar-refractivity contribution >= 4 is 15.8 Å². The van der Waals surface area contributed by atoms with Crippen molar-refractivity contribution < 1.29 is 12.8 Å². The number of likely N-dealkylation sites (N-methyl/N-ethyl adjacent to an activating group) is 1. The highest BCUT2D eigenvalue weighted by molar-refractivity contribution is 7.89. The number of aromatic nitrogens is 1. The minimum Gasteiger partial charge on any atom is -0.468 e. The second-order valence-corrected chi connectivity index (χ2v) is 8.56. The van der Waals surface area contributed by atoms with Gasteiger partial charge in [-0.2, -0.15) is 4.31 Å². The Hall–Kier alpha value is -1.90. The molecule has 0 unspecified atom stereocenters. The third-order valence-corrected chi connectivity index (χ3v) is 6.92. The van der Waals surface area contributed by atoms with Gasteiger partial charge in [-0.3, -0.25) is 4.90 Å². The number of nitrogens with zero attached hydrogens (tertiary/aromatic N) is 3. The first-order valence-corrected chi connectivity index (χ1v) is 11.0. The van der Waals surface area contributed by atoms with Crippen LogP contribution in [-0.4, -0.2) is 55.3 Å². The summed E-state index contributed by atoms with van der Waals surface area (Å²) in [4.78, 5) is 6.87. The summed E-state index contributed by atoms with van der Waals surface area (Å²) >= 11 is 0. The van der Waals surface area contributed by atoms with Crippen molar-refractivity contribution in [3.8, 4) is 0 Å². The molecule has 0 saturated carbocycles. The van der Waals surface area contributed by atoms with E-state index in [9.17, 15) is 8.42 Å². The number of pyridine rings is 1. The maximum atomic E-state index is 12.6. The van der Waals surface area contributed by atoms with Gasteiger partial charge in [-0.1, -0.05) is 13.8 Å². The normalized spacial score (nSPS) is 16.7. The van der Waals surface area contributed by atoms with E-state index in [1.807, 2.05) is 12.1 Å². The Morgan fingerprint density at radius 1 is 1.22 bits per heavy atom. The Balaban J connectivity index is 1.68. The molecule has 27 heavy (non-hydrogen) atoms. The maximum Gasteiger partial charge on any atom is 0.244 e. The molecular weight excluding hydrogens is 364 g/mol. The Bertz CT molecular complexity index is 796. The van der Waals surface area contributed by atoms with Gasteiger partial charge in [0.2, 0.25) is 10.0 Å². The van der Waals surface area contributed by atoms with Crippen LogP contribution in [0.15, 0.2) is 46.0 Å². The van der Waals surface area contributed by atoms with Crippen LogP contribution in [0, 0.1) is 0 Å². The van der Waals surface area contributed by atoms with E-state index in [2.05, 4.69) is 29.0 Å². The van der Waals surface area contributed by atoms with Crippen LogP contribution in [0.5, 0.6) is 0 Å². The first-order valence-electron chi connectivity index (χ1n) is 9.53. The van der Waals surface area contributed by atoms with Crippen molar-refractivity contribution in [2.75, 3.05) is 38.0 Å². The summed E-state index contributed by atoms with van der Waals surface area (Å²) in [5.74, 6) is 1.55. The molecule has 8 heteroatoms. The number of hydrogen-bond donors (Lipinski definition) is 1. The van der Waals surface area contributed by atoms with E-state index in [0.717, 1.165) is 31.7 Å². The third-order valence-electron chi connectivity index (χ3n) is 5.04. The molecule has 1 N–H and O–H groups in total. The van der Waals surface area contributed by atoms with E-state index in [-0.39, 0.29) is 10.9 Å². The van der Waals surface area contributed by atoms with E-state index in [1.54, 1.807) is 18.4 Å². The van der Waals surface area contributed by atoms with Crippen LogP contribution in [0.3, 0.4) is 0 Å². The predicted molar refractivity (Wildman–Crippen MR) is 105 cm³/mol. The zero-order chi connectivity index (χ0) is 19.3. The molecule has 0 aromatic carbocycles. The highest BCUT2D eigenvalue weighted by Crippen LogP contribution is 2.23. The van der Waals surface area contributed by atoms with E-state index in [0.29, 0.717) is 25.5 Å². The lowest BCUT2D eigenvalue weighted by molar-refractivity contribution is 0.202. The average molecular weight is 393 g/mol. The van der Waals surface area contributed by atoms with Crippen molar-refractivity contribution in [1.82, 2.24) is 14.2 Å². The fourth-order valence-electron chi connectivity index (χ4n) is 3.47. The van der Waals surface area contributed by atoms with E-state index < -0.39 is 10.0 Å². The molecule has 7 nitrogen and oxygen atoms in total. The summed E-state index contributed by atoms with van der Waals surface area (Å²) in [6.07, 6.45) is 4.97. The van der Waals surface area contributed by atoms with Gasteiger partial charge in [-0.15, -0.1) is 0 Å². The number of nitrogens with one attached hydrogen (secondary N) is 1. The second kappa shape index (κ2) is 8.86. The van der Waals surface area contributed by atoms with Crippen molar-refractivity contribution in [2.45, 2.75) is 37.6 Å². The van der Waals surface area contributed by atoms with E-state index in [1.165, 1.54) is 10.5 Å². The molecule has 3 rings (SSSR count). The molecule has 0 radical (unpaired) electrons. The van der Waals surface area contributed by atoms with Crippen LogP contribution in [0.1, 0.15) is 38.5 Å². The van der Waals surface area contributed by atoms with E-state index >= 15 is 0 Å². The Morgan fingerprint density at radius 2 is 1.96 bits per heavy atom. The molecule has 1 fully saturated rings. The first kappa shape index (κ1) is 19.9. The molecular formula is C19H28N4O3S. The summed E-state index contributed by atoms with van der Waals surface area (Å²) in [7, 11) is -3.42. The fourth-order valence-corrected chi connectivity index (χ4v) is 4.93. The highest BCUT2D eigenvalue weighted by Gasteiger charge is 2.27. The highest BCUT2D eigenvalue weighted by atomic mass is 32.2. The summed E-state index contributed by atoms with van der Waals surface area (Å²) in [6, 6.07) is 7.31. The van der Waals surface area contributed by atoms with Gasteiger partial charge in [0.25, 0.3) is 0 Å². The molecule has 2 aromatic heterocycles. The molecule has 148 valence electrons. The molecule has 0 aliphatic carbocycles. The summed E-state index contributed by atoms with van der Waals surface area (Å²) in [5.41, 5.74) is 0. The maximum absolute atomic E-state index is 12.6. The summed E-state index contributed by atoms with van der Waals surface area (Å²) < 4.78 is 32.3. The number of rotatable bonds is 9. The van der Waals surface area contributed by atoms with Gasteiger partial charge in [0, 0.05) is 25.8 Å². The lowest BCUT2D eigenvalue weighted by atomic mass is 10.2. The lowest BCUT2D eigenvalue weighted by Gasteiger charge is -2.28. The third kappa shape index (κ3) is 4.51. The van der Waals surface area contributed by atoms with Gasteiger partial charge in [0.15, 0.2) is 0 Å². The van der Waals surface area contributed by atoms with Crippen molar-refractivity contribution in [3.05, 3.63) is 42.5 Å². The fraction of sp³-hybridized carbons (Fsp3) is 0.526. The molecule has 1 aliphatic rings. The van der Waals surface area contributed by atoms with Gasteiger partial charge >= 0.3 is 0 Å². The number of anilines is 1. The molecule has 3 heterocycles. The number of sulfonamides is 1. The minimum atomic E-state index is -3.42. The van der Waals surface area contributed by atoms with Crippen LogP contribution < -0.4 is 5.32 Å². The zero-order valence-electron chi connectivity index (χ0n) is 16.0. The van der Waals surface area contributed by atoms with E-state index in [4.69, 9.17) is 4.42 Å². The summed E-state index contributed by atoms with van der Waals surface area (Å²) in [6.45, 7) is 7.87. The van der Waals surface area contributed by atoms with Crippen molar-refractivity contribution in [3.63, 3.8) is 0 Å². The topological polar surface area (TPSA) is 78.7 Å². The van der Waals surface area contributed by atoms with Gasteiger partial charge in [0.05, 0.1) is 12.3 Å². The SMILES string of the molecule is CCN(CC)[C@H](CNc1ccc(S(=O)(=O)N2CCCC2)cn1)c1ccco1. The van der Waals surface area contributed by atoms with Gasteiger partial charge < -0.3 is 9.73 Å². The van der Waals surface area contributed by atoms with Crippen LogP contribution in [0.4, 0.5) is 5.82 Å². The van der Waals surface area contributed by atoms with Crippen LogP contribution in [0.2, 0.25) is 0 Å². The Morgan fingerprint density at radius 3 is 2.52 bits per heavy atom. The molecule has 2 aromatic rings. The second-order valence-electron chi connectivity index (χ2n) is 6.62.